The molecule has 2 heterocycles. The second-order valence-electron chi connectivity index (χ2n) is 10.2. The predicted molar refractivity (Wildman–Crippen MR) is 113 cm³/mol. The minimum absolute atomic E-state index is 0.0420. The zero-order chi connectivity index (χ0) is 22.1. The van der Waals surface area contributed by atoms with Crippen molar-refractivity contribution in [3.8, 4) is 0 Å². The highest BCUT2D eigenvalue weighted by atomic mass is 16.6. The van der Waals surface area contributed by atoms with Gasteiger partial charge in [-0.05, 0) is 65.3 Å². The first-order chi connectivity index (χ1) is 14.1. The van der Waals surface area contributed by atoms with E-state index in [1.165, 1.54) is 4.90 Å². The second-order valence-corrected chi connectivity index (χ2v) is 10.2. The molecule has 0 aromatic rings. The molecule has 2 aliphatic heterocycles. The molecule has 1 N–H and O–H groups in total. The van der Waals surface area contributed by atoms with Crippen LogP contribution in [0.1, 0.15) is 53.4 Å². The minimum atomic E-state index is -0.590. The first-order valence-corrected chi connectivity index (χ1v) is 11.3. The van der Waals surface area contributed by atoms with Gasteiger partial charge in [-0.1, -0.05) is 0 Å². The van der Waals surface area contributed by atoms with E-state index in [2.05, 4.69) is 4.90 Å². The third-order valence-corrected chi connectivity index (χ3v) is 6.85. The number of rotatable bonds is 6. The molecule has 2 saturated heterocycles. The fourth-order valence-corrected chi connectivity index (χ4v) is 4.70. The number of aliphatic hydroxyl groups is 1. The van der Waals surface area contributed by atoms with Crippen LogP contribution < -0.4 is 0 Å². The maximum absolute atomic E-state index is 13.1. The van der Waals surface area contributed by atoms with E-state index in [0.29, 0.717) is 19.7 Å². The zero-order valence-electron chi connectivity index (χ0n) is 19.2. The van der Waals surface area contributed by atoms with Gasteiger partial charge in [-0.25, -0.2) is 4.79 Å². The van der Waals surface area contributed by atoms with E-state index >= 15 is 0 Å². The number of nitrogens with zero attached hydrogens (tertiary/aromatic N) is 3. The number of likely N-dealkylation sites (tertiary alicyclic amines) is 1. The lowest BCUT2D eigenvalue weighted by Crippen LogP contribution is -2.61. The summed E-state index contributed by atoms with van der Waals surface area (Å²) in [6.45, 7) is 11.2. The van der Waals surface area contributed by atoms with Crippen LogP contribution in [0.15, 0.2) is 0 Å². The molecule has 0 radical (unpaired) electrons. The molecule has 8 nitrogen and oxygen atoms in total. The van der Waals surface area contributed by atoms with Crippen molar-refractivity contribution in [3.05, 3.63) is 0 Å². The molecule has 0 aromatic carbocycles. The Hall–Kier alpha value is -1.38. The number of β-amino-alcohol motifs (C(OH)–C–C–N with tert-alkyl or cyclic N) is 1. The summed E-state index contributed by atoms with van der Waals surface area (Å²) >= 11 is 0. The zero-order valence-corrected chi connectivity index (χ0v) is 19.2. The van der Waals surface area contributed by atoms with Crippen LogP contribution in [0.4, 0.5) is 4.79 Å². The number of aliphatic hydroxyl groups excluding tert-OH is 1. The maximum Gasteiger partial charge on any atom is 0.411 e. The summed E-state index contributed by atoms with van der Waals surface area (Å²) in [6, 6.07) is -0.598. The van der Waals surface area contributed by atoms with E-state index in [0.717, 1.165) is 45.3 Å². The molecule has 3 atom stereocenters. The summed E-state index contributed by atoms with van der Waals surface area (Å²) in [4.78, 5) is 31.2. The van der Waals surface area contributed by atoms with E-state index in [4.69, 9.17) is 9.47 Å². The summed E-state index contributed by atoms with van der Waals surface area (Å²) in [6.07, 6.45) is 3.49. The molecule has 172 valence electrons. The van der Waals surface area contributed by atoms with Gasteiger partial charge in [0.05, 0.1) is 18.8 Å². The van der Waals surface area contributed by atoms with Crippen LogP contribution in [0.5, 0.6) is 0 Å². The Balaban J connectivity index is 1.55. The highest BCUT2D eigenvalue weighted by molar-refractivity contribution is 5.86. The van der Waals surface area contributed by atoms with Gasteiger partial charge in [-0.3, -0.25) is 9.69 Å². The predicted octanol–water partition coefficient (Wildman–Crippen LogP) is 1.71. The molecule has 2 amide bonds. The Morgan fingerprint density at radius 3 is 2.50 bits per heavy atom. The molecular formula is C22H39N3O5. The highest BCUT2D eigenvalue weighted by Gasteiger charge is 2.51. The summed E-state index contributed by atoms with van der Waals surface area (Å²) in [5, 5.41) is 10.4. The van der Waals surface area contributed by atoms with Gasteiger partial charge in [0, 0.05) is 33.3 Å². The van der Waals surface area contributed by atoms with E-state index in [9.17, 15) is 14.7 Å². The number of carbonyl (C=O) groups is 2. The highest BCUT2D eigenvalue weighted by Crippen LogP contribution is 2.53. The van der Waals surface area contributed by atoms with Crippen LogP contribution in [-0.2, 0) is 14.3 Å². The van der Waals surface area contributed by atoms with Crippen molar-refractivity contribution < 1.29 is 24.2 Å². The van der Waals surface area contributed by atoms with Gasteiger partial charge in [-0.15, -0.1) is 0 Å². The molecule has 3 fully saturated rings. The second kappa shape index (κ2) is 9.01. The van der Waals surface area contributed by atoms with Gasteiger partial charge >= 0.3 is 6.09 Å². The maximum atomic E-state index is 13.1. The molecule has 8 heteroatoms. The van der Waals surface area contributed by atoms with Crippen molar-refractivity contribution in [2.45, 2.75) is 77.2 Å². The Labute approximate surface area is 180 Å². The molecule has 0 bridgehead atoms. The minimum Gasteiger partial charge on any atom is -0.444 e. The topological polar surface area (TPSA) is 82.6 Å². The van der Waals surface area contributed by atoms with Gasteiger partial charge in [0.15, 0.2) is 0 Å². The first-order valence-electron chi connectivity index (χ1n) is 11.3. The number of carbonyl (C=O) groups excluding carboxylic acids is 2. The summed E-state index contributed by atoms with van der Waals surface area (Å²) < 4.78 is 10.9. The van der Waals surface area contributed by atoms with Crippen LogP contribution >= 0.6 is 0 Å². The SMILES string of the molecule is COC[C@H](CCN1CCC2(CC2)[C@H](O)C1)N1CCN(C(=O)OC(C)(C)C)[C@@H](C)C1=O. The number of ether oxygens (including phenoxy) is 2. The standard InChI is InChI=1S/C22H39N3O5/c1-16-19(27)25(13-12-24(16)20(28)30-21(2,3)4)17(15-29-5)6-10-23-11-9-22(7-8-22)18(26)14-23/h16-18,26H,6-15H2,1-5H3/t16-,17-,18+/m0/s1. The smallest absolute Gasteiger partial charge is 0.411 e. The van der Waals surface area contributed by atoms with Crippen LogP contribution in [0, 0.1) is 5.41 Å². The number of hydrogen-bond donors (Lipinski definition) is 1. The average molecular weight is 426 g/mol. The molecule has 1 saturated carbocycles. The van der Waals surface area contributed by atoms with Gasteiger partial charge in [0.25, 0.3) is 0 Å². The third kappa shape index (κ3) is 5.26. The molecule has 1 aliphatic carbocycles. The summed E-state index contributed by atoms with van der Waals surface area (Å²) in [7, 11) is 1.65. The molecule has 1 spiro atoms. The fourth-order valence-electron chi connectivity index (χ4n) is 4.70. The van der Waals surface area contributed by atoms with E-state index in [1.54, 1.807) is 14.0 Å². The number of piperidine rings is 1. The van der Waals surface area contributed by atoms with Crippen molar-refractivity contribution in [2.75, 3.05) is 46.4 Å². The van der Waals surface area contributed by atoms with Crippen LogP contribution in [0.2, 0.25) is 0 Å². The molecular weight excluding hydrogens is 386 g/mol. The van der Waals surface area contributed by atoms with Crippen LogP contribution in [0.25, 0.3) is 0 Å². The largest absolute Gasteiger partial charge is 0.444 e. The Morgan fingerprint density at radius 2 is 1.93 bits per heavy atom. The molecule has 30 heavy (non-hydrogen) atoms. The normalized spacial score (nSPS) is 28.0. The average Bonchev–Trinajstić information content (AvgIpc) is 3.43. The molecule has 3 rings (SSSR count). The molecule has 0 unspecified atom stereocenters. The lowest BCUT2D eigenvalue weighted by atomic mass is 9.90. The summed E-state index contributed by atoms with van der Waals surface area (Å²) in [5.74, 6) is -0.0650. The van der Waals surface area contributed by atoms with Gasteiger partial charge in [-0.2, -0.15) is 0 Å². The monoisotopic (exact) mass is 425 g/mol. The number of methoxy groups -OCH3 is 1. The quantitative estimate of drug-likeness (QED) is 0.698. The number of hydrogen-bond acceptors (Lipinski definition) is 6. The lowest BCUT2D eigenvalue weighted by Gasteiger charge is -2.43. The first kappa shape index (κ1) is 23.3. The summed E-state index contributed by atoms with van der Waals surface area (Å²) in [5.41, 5.74) is -0.389. The van der Waals surface area contributed by atoms with Gasteiger partial charge in [0.2, 0.25) is 5.91 Å². The Bertz CT molecular complexity index is 631. The van der Waals surface area contributed by atoms with Crippen molar-refractivity contribution >= 4 is 12.0 Å². The molecule has 0 aromatic heterocycles. The van der Waals surface area contributed by atoms with Crippen LogP contribution in [-0.4, -0.2) is 102 Å². The fraction of sp³-hybridized carbons (Fsp3) is 0.909. The number of amides is 2. The van der Waals surface area contributed by atoms with Crippen molar-refractivity contribution in [1.82, 2.24) is 14.7 Å². The lowest BCUT2D eigenvalue weighted by molar-refractivity contribution is -0.145. The van der Waals surface area contributed by atoms with E-state index < -0.39 is 17.7 Å². The van der Waals surface area contributed by atoms with Gasteiger partial charge in [0.1, 0.15) is 11.6 Å². The van der Waals surface area contributed by atoms with Crippen molar-refractivity contribution in [1.29, 1.82) is 0 Å². The van der Waals surface area contributed by atoms with Gasteiger partial charge < -0.3 is 24.4 Å². The Morgan fingerprint density at radius 1 is 1.23 bits per heavy atom. The van der Waals surface area contributed by atoms with Crippen molar-refractivity contribution in [3.63, 3.8) is 0 Å². The van der Waals surface area contributed by atoms with Crippen LogP contribution in [0.3, 0.4) is 0 Å². The van der Waals surface area contributed by atoms with Crippen molar-refractivity contribution in [2.24, 2.45) is 5.41 Å². The van der Waals surface area contributed by atoms with E-state index in [-0.39, 0.29) is 23.5 Å². The molecule has 3 aliphatic rings. The number of piperazine rings is 1. The Kier molecular flexibility index (Phi) is 6.99. The third-order valence-electron chi connectivity index (χ3n) is 6.85. The van der Waals surface area contributed by atoms with E-state index in [1.807, 2.05) is 25.7 Å².